The molecule has 6 nitrogen and oxygen atoms in total. The summed E-state index contributed by atoms with van der Waals surface area (Å²) in [5.41, 5.74) is 5.55. The molecule has 0 radical (unpaired) electrons. The van der Waals surface area contributed by atoms with Gasteiger partial charge in [-0.05, 0) is 6.07 Å². The number of carbonyl (C=O) groups excluding carboxylic acids is 1. The number of esters is 1. The zero-order valence-electron chi connectivity index (χ0n) is 8.42. The summed E-state index contributed by atoms with van der Waals surface area (Å²) in [6.07, 6.45) is -1.97. The molecule has 0 aliphatic heterocycles. The lowest BCUT2D eigenvalue weighted by Gasteiger charge is -2.17. The summed E-state index contributed by atoms with van der Waals surface area (Å²) < 4.78 is 4.28. The number of methoxy groups -OCH3 is 1. The number of carbonyl (C=O) groups is 1. The lowest BCUT2D eigenvalue weighted by atomic mass is 10.1. The Morgan fingerprint density at radius 3 is 2.81 bits per heavy atom. The molecule has 1 aromatic heterocycles. The molecule has 2 unspecified atom stereocenters. The minimum absolute atomic E-state index is 0.0140. The summed E-state index contributed by atoms with van der Waals surface area (Å²) in [4.78, 5) is 14.7. The molecular weight excluding hydrogens is 236 g/mol. The summed E-state index contributed by atoms with van der Waals surface area (Å²) in [6, 6.07) is 1.32. The van der Waals surface area contributed by atoms with Crippen molar-refractivity contribution < 1.29 is 19.7 Å². The van der Waals surface area contributed by atoms with Crippen molar-refractivity contribution in [3.63, 3.8) is 0 Å². The summed E-state index contributed by atoms with van der Waals surface area (Å²) in [6.45, 7) is 0. The van der Waals surface area contributed by atoms with Crippen LogP contribution < -0.4 is 5.73 Å². The van der Waals surface area contributed by atoms with Crippen LogP contribution in [0.2, 0.25) is 5.02 Å². The predicted molar refractivity (Wildman–Crippen MR) is 56.6 cm³/mol. The number of nitrogens with zero attached hydrogens (tertiary/aromatic N) is 1. The second-order valence-electron chi connectivity index (χ2n) is 3.04. The minimum Gasteiger partial charge on any atom is -0.467 e. The third-order valence-corrected chi connectivity index (χ3v) is 2.18. The molecule has 0 aromatic carbocycles. The summed E-state index contributed by atoms with van der Waals surface area (Å²) in [7, 11) is 1.10. The van der Waals surface area contributed by atoms with Gasteiger partial charge in [0.05, 0.1) is 12.1 Å². The highest BCUT2D eigenvalue weighted by Crippen LogP contribution is 2.24. The second-order valence-corrected chi connectivity index (χ2v) is 3.48. The quantitative estimate of drug-likeness (QED) is 0.643. The Morgan fingerprint density at radius 1 is 1.62 bits per heavy atom. The first-order valence-electron chi connectivity index (χ1n) is 4.32. The molecule has 0 bridgehead atoms. The van der Waals surface area contributed by atoms with E-state index in [0.717, 1.165) is 7.11 Å². The van der Waals surface area contributed by atoms with Gasteiger partial charge < -0.3 is 20.7 Å². The van der Waals surface area contributed by atoms with Gasteiger partial charge in [0, 0.05) is 11.8 Å². The molecule has 1 aromatic rings. The van der Waals surface area contributed by atoms with E-state index in [0.29, 0.717) is 0 Å². The van der Waals surface area contributed by atoms with Gasteiger partial charge in [0.15, 0.2) is 6.10 Å². The molecule has 7 heteroatoms. The molecule has 0 saturated carbocycles. The number of aliphatic hydroxyl groups excluding tert-OH is 2. The molecule has 0 aliphatic rings. The van der Waals surface area contributed by atoms with Crippen LogP contribution in [0.25, 0.3) is 0 Å². The number of anilines is 1. The largest absolute Gasteiger partial charge is 0.467 e. The van der Waals surface area contributed by atoms with E-state index in [9.17, 15) is 15.0 Å². The topological polar surface area (TPSA) is 106 Å². The molecule has 0 saturated heterocycles. The monoisotopic (exact) mass is 246 g/mol. The van der Waals surface area contributed by atoms with Gasteiger partial charge in [0.2, 0.25) is 0 Å². The van der Waals surface area contributed by atoms with Crippen LogP contribution in [0, 0.1) is 0 Å². The van der Waals surface area contributed by atoms with E-state index in [1.165, 1.54) is 12.3 Å². The maximum Gasteiger partial charge on any atom is 0.337 e. The number of nitrogen functional groups attached to an aromatic ring is 1. The molecule has 0 aliphatic carbocycles. The van der Waals surface area contributed by atoms with Gasteiger partial charge in [-0.2, -0.15) is 0 Å². The summed E-state index contributed by atoms with van der Waals surface area (Å²) in [5.74, 6) is -0.980. The third kappa shape index (κ3) is 2.60. The van der Waals surface area contributed by atoms with Crippen molar-refractivity contribution in [2.45, 2.75) is 12.2 Å². The highest BCUT2D eigenvalue weighted by atomic mass is 35.5. The van der Waals surface area contributed by atoms with Crippen LogP contribution in [-0.4, -0.2) is 34.4 Å². The smallest absolute Gasteiger partial charge is 0.337 e. The number of ether oxygens (including phenoxy) is 1. The number of hydrogen-bond acceptors (Lipinski definition) is 6. The highest BCUT2D eigenvalue weighted by molar-refractivity contribution is 6.30. The second kappa shape index (κ2) is 5.11. The zero-order chi connectivity index (χ0) is 12.3. The Morgan fingerprint density at radius 2 is 2.25 bits per heavy atom. The predicted octanol–water partition coefficient (Wildman–Crippen LogP) is -0.116. The first-order valence-corrected chi connectivity index (χ1v) is 4.70. The van der Waals surface area contributed by atoms with E-state index < -0.39 is 18.2 Å². The van der Waals surface area contributed by atoms with E-state index in [2.05, 4.69) is 9.72 Å². The first kappa shape index (κ1) is 12.7. The normalized spacial score (nSPS) is 14.2. The molecule has 0 fully saturated rings. The Balaban J connectivity index is 2.99. The van der Waals surface area contributed by atoms with E-state index in [-0.39, 0.29) is 16.4 Å². The van der Waals surface area contributed by atoms with Crippen LogP contribution in [0.15, 0.2) is 12.3 Å². The molecule has 0 spiro atoms. The molecule has 1 heterocycles. The standard InChI is InChI=1S/C9H11ClN2O4/c1-16-9(15)7(14)6(13)5-2-4(10)3-12-8(5)11/h2-3,6-7,13-14H,1H3,(H2,11,12). The molecule has 4 N–H and O–H groups in total. The van der Waals surface area contributed by atoms with Crippen LogP contribution in [0.5, 0.6) is 0 Å². The molecule has 1 rings (SSSR count). The van der Waals surface area contributed by atoms with Crippen molar-refractivity contribution in [2.24, 2.45) is 0 Å². The van der Waals surface area contributed by atoms with Gasteiger partial charge in [-0.15, -0.1) is 0 Å². The van der Waals surface area contributed by atoms with Crippen molar-refractivity contribution >= 4 is 23.4 Å². The molecular formula is C9H11ClN2O4. The van der Waals surface area contributed by atoms with Crippen molar-refractivity contribution in [3.8, 4) is 0 Å². The fourth-order valence-corrected chi connectivity index (χ4v) is 1.29. The van der Waals surface area contributed by atoms with E-state index in [4.69, 9.17) is 17.3 Å². The number of rotatable bonds is 3. The SMILES string of the molecule is COC(=O)C(O)C(O)c1cc(Cl)cnc1N. The number of nitrogens with two attached hydrogens (primary N) is 1. The fraction of sp³-hybridized carbons (Fsp3) is 0.333. The number of pyridine rings is 1. The number of aliphatic hydroxyl groups is 2. The van der Waals surface area contributed by atoms with Crippen LogP contribution in [0.1, 0.15) is 11.7 Å². The van der Waals surface area contributed by atoms with Gasteiger partial charge >= 0.3 is 5.97 Å². The van der Waals surface area contributed by atoms with Crippen LogP contribution >= 0.6 is 11.6 Å². The number of hydrogen-bond donors (Lipinski definition) is 3. The molecule has 88 valence electrons. The van der Waals surface area contributed by atoms with Gasteiger partial charge in [-0.1, -0.05) is 11.6 Å². The minimum atomic E-state index is -1.73. The van der Waals surface area contributed by atoms with Crippen LogP contribution in [0.3, 0.4) is 0 Å². The maximum absolute atomic E-state index is 11.0. The van der Waals surface area contributed by atoms with Crippen molar-refractivity contribution in [1.29, 1.82) is 0 Å². The van der Waals surface area contributed by atoms with Crippen LogP contribution in [-0.2, 0) is 9.53 Å². The van der Waals surface area contributed by atoms with E-state index in [1.807, 2.05) is 0 Å². The molecule has 16 heavy (non-hydrogen) atoms. The Bertz CT molecular complexity index is 399. The average Bonchev–Trinajstić information content (AvgIpc) is 2.29. The van der Waals surface area contributed by atoms with Gasteiger partial charge in [-0.3, -0.25) is 0 Å². The van der Waals surface area contributed by atoms with E-state index >= 15 is 0 Å². The number of halogens is 1. The molecule has 0 amide bonds. The Hall–Kier alpha value is -1.37. The van der Waals surface area contributed by atoms with Gasteiger partial charge in [0.1, 0.15) is 11.9 Å². The highest BCUT2D eigenvalue weighted by Gasteiger charge is 2.28. The summed E-state index contributed by atoms with van der Waals surface area (Å²) >= 11 is 5.65. The lowest BCUT2D eigenvalue weighted by Crippen LogP contribution is -2.29. The summed E-state index contributed by atoms with van der Waals surface area (Å²) in [5, 5.41) is 19.3. The van der Waals surface area contributed by atoms with E-state index in [1.54, 1.807) is 0 Å². The fourth-order valence-electron chi connectivity index (χ4n) is 1.12. The van der Waals surface area contributed by atoms with Crippen molar-refractivity contribution in [2.75, 3.05) is 12.8 Å². The van der Waals surface area contributed by atoms with Gasteiger partial charge in [-0.25, -0.2) is 9.78 Å². The lowest BCUT2D eigenvalue weighted by molar-refractivity contribution is -0.156. The zero-order valence-corrected chi connectivity index (χ0v) is 9.18. The Labute approximate surface area is 96.6 Å². The van der Waals surface area contributed by atoms with Crippen molar-refractivity contribution in [1.82, 2.24) is 4.98 Å². The molecule has 2 atom stereocenters. The van der Waals surface area contributed by atoms with Gasteiger partial charge in [0.25, 0.3) is 0 Å². The Kier molecular flexibility index (Phi) is 4.05. The number of aromatic nitrogens is 1. The van der Waals surface area contributed by atoms with Crippen molar-refractivity contribution in [3.05, 3.63) is 22.8 Å². The third-order valence-electron chi connectivity index (χ3n) is 1.98. The van der Waals surface area contributed by atoms with Crippen LogP contribution in [0.4, 0.5) is 5.82 Å². The first-order chi connectivity index (χ1) is 7.47. The average molecular weight is 247 g/mol. The maximum atomic E-state index is 11.0.